The highest BCUT2D eigenvalue weighted by Gasteiger charge is 2.36. The molecule has 1 fully saturated rings. The van der Waals surface area contributed by atoms with Crippen molar-refractivity contribution < 1.29 is 27.5 Å². The second kappa shape index (κ2) is 7.20. The molecule has 8 nitrogen and oxygen atoms in total. The number of rotatable bonds is 4. The number of benzene rings is 2. The average molecular weight is 388 g/mol. The molecule has 3 rings (SSSR count). The second-order valence-corrected chi connectivity index (χ2v) is 7.70. The van der Waals surface area contributed by atoms with Gasteiger partial charge in [0.1, 0.15) is 0 Å². The lowest BCUT2D eigenvalue weighted by Crippen LogP contribution is -2.29. The second-order valence-electron chi connectivity index (χ2n) is 5.77. The molecule has 2 aromatic carbocycles. The molecule has 140 valence electrons. The number of ether oxygens (including phenoxy) is 1. The summed E-state index contributed by atoms with van der Waals surface area (Å²) >= 11 is 0. The highest BCUT2D eigenvalue weighted by Crippen LogP contribution is 2.26. The number of carbonyl (C=O) groups excluding carboxylic acids is 3. The first-order valence-corrected chi connectivity index (χ1v) is 9.59. The Labute approximate surface area is 155 Å². The zero-order chi connectivity index (χ0) is 19.6. The van der Waals surface area contributed by atoms with Crippen molar-refractivity contribution in [1.82, 2.24) is 0 Å². The Balaban J connectivity index is 1.90. The van der Waals surface area contributed by atoms with Crippen LogP contribution in [-0.4, -0.2) is 39.1 Å². The molecule has 0 saturated carbocycles. The van der Waals surface area contributed by atoms with Gasteiger partial charge in [-0.15, -0.1) is 0 Å². The van der Waals surface area contributed by atoms with Crippen LogP contribution in [0.3, 0.4) is 0 Å². The fourth-order valence-corrected chi connectivity index (χ4v) is 4.17. The summed E-state index contributed by atoms with van der Waals surface area (Å²) in [7, 11) is -2.49. The van der Waals surface area contributed by atoms with Crippen molar-refractivity contribution >= 4 is 39.2 Å². The third-order valence-electron chi connectivity index (χ3n) is 4.00. The number of hydrogen-bond donors (Lipinski definition) is 1. The molecule has 1 N–H and O–H groups in total. The van der Waals surface area contributed by atoms with Crippen molar-refractivity contribution in [2.45, 2.75) is 6.42 Å². The number of amides is 2. The van der Waals surface area contributed by atoms with E-state index in [4.69, 9.17) is 0 Å². The minimum absolute atomic E-state index is 0.0920. The lowest BCUT2D eigenvalue weighted by atomic mass is 10.1. The average Bonchev–Trinajstić information content (AvgIpc) is 2.94. The third kappa shape index (κ3) is 3.68. The first-order chi connectivity index (χ1) is 12.8. The van der Waals surface area contributed by atoms with Crippen molar-refractivity contribution in [3.05, 3.63) is 59.7 Å². The van der Waals surface area contributed by atoms with Gasteiger partial charge in [0.2, 0.25) is 15.9 Å². The smallest absolute Gasteiger partial charge is 0.339 e. The van der Waals surface area contributed by atoms with Gasteiger partial charge in [-0.2, -0.15) is 0 Å². The summed E-state index contributed by atoms with van der Waals surface area (Å²) in [6.45, 7) is 0. The van der Waals surface area contributed by atoms with E-state index in [1.165, 1.54) is 37.4 Å². The number of methoxy groups -OCH3 is 1. The molecule has 0 aromatic heterocycles. The highest BCUT2D eigenvalue weighted by atomic mass is 32.2. The molecule has 2 aromatic rings. The van der Waals surface area contributed by atoms with Crippen LogP contribution in [0.25, 0.3) is 0 Å². The number of nitrogens with one attached hydrogen (secondary N) is 1. The van der Waals surface area contributed by atoms with E-state index in [1.54, 1.807) is 18.2 Å². The van der Waals surface area contributed by atoms with Crippen molar-refractivity contribution in [3.63, 3.8) is 0 Å². The van der Waals surface area contributed by atoms with E-state index in [-0.39, 0.29) is 34.7 Å². The van der Waals surface area contributed by atoms with Gasteiger partial charge in [-0.1, -0.05) is 18.2 Å². The maximum Gasteiger partial charge on any atom is 0.339 e. The van der Waals surface area contributed by atoms with Gasteiger partial charge in [-0.05, 0) is 30.3 Å². The van der Waals surface area contributed by atoms with Gasteiger partial charge in [0.25, 0.3) is 5.91 Å². The summed E-state index contributed by atoms with van der Waals surface area (Å²) in [5.74, 6) is -1.95. The van der Waals surface area contributed by atoms with Crippen molar-refractivity contribution in [2.75, 3.05) is 22.5 Å². The summed E-state index contributed by atoms with van der Waals surface area (Å²) in [6, 6.07) is 12.1. The zero-order valence-corrected chi connectivity index (χ0v) is 15.2. The number of para-hydroxylation sites is 1. The Morgan fingerprint density at radius 2 is 1.85 bits per heavy atom. The molecule has 27 heavy (non-hydrogen) atoms. The number of esters is 1. The summed E-state index contributed by atoms with van der Waals surface area (Å²) < 4.78 is 29.5. The van der Waals surface area contributed by atoms with Crippen LogP contribution in [0, 0.1) is 0 Å². The van der Waals surface area contributed by atoms with Gasteiger partial charge in [0, 0.05) is 12.0 Å². The summed E-state index contributed by atoms with van der Waals surface area (Å²) in [6.07, 6.45) is -0.0920. The fraction of sp³-hybridized carbons (Fsp3) is 0.167. The monoisotopic (exact) mass is 388 g/mol. The van der Waals surface area contributed by atoms with E-state index in [0.29, 0.717) is 4.31 Å². The molecule has 0 atom stereocenters. The molecule has 1 saturated heterocycles. The number of nitrogens with zero attached hydrogens (tertiary/aromatic N) is 1. The maximum absolute atomic E-state index is 12.6. The molecule has 0 bridgehead atoms. The minimum atomic E-state index is -3.72. The molecule has 2 amide bonds. The number of anilines is 2. The Morgan fingerprint density at radius 3 is 2.52 bits per heavy atom. The molecule has 1 aliphatic rings. The SMILES string of the molecule is COC(=O)c1ccccc1NC(=O)c1cccc(N2C(=O)CCS2(=O)=O)c1. The Morgan fingerprint density at radius 1 is 1.11 bits per heavy atom. The maximum atomic E-state index is 12.6. The molecule has 0 unspecified atom stereocenters. The summed E-state index contributed by atoms with van der Waals surface area (Å²) in [5, 5.41) is 2.60. The van der Waals surface area contributed by atoms with E-state index in [1.807, 2.05) is 0 Å². The van der Waals surface area contributed by atoms with Crippen LogP contribution < -0.4 is 9.62 Å². The van der Waals surface area contributed by atoms with Crippen LogP contribution >= 0.6 is 0 Å². The van der Waals surface area contributed by atoms with Crippen LogP contribution in [-0.2, 0) is 19.6 Å². The molecule has 0 spiro atoms. The largest absolute Gasteiger partial charge is 0.465 e. The van der Waals surface area contributed by atoms with Crippen LogP contribution in [0.2, 0.25) is 0 Å². The topological polar surface area (TPSA) is 110 Å². The molecule has 0 aliphatic carbocycles. The lowest BCUT2D eigenvalue weighted by molar-refractivity contribution is -0.116. The summed E-state index contributed by atoms with van der Waals surface area (Å²) in [4.78, 5) is 36.3. The van der Waals surface area contributed by atoms with Crippen LogP contribution in [0.15, 0.2) is 48.5 Å². The third-order valence-corrected chi connectivity index (χ3v) is 5.69. The Bertz CT molecular complexity index is 1030. The molecular formula is C18H16N2O6S. The number of sulfonamides is 1. The van der Waals surface area contributed by atoms with Gasteiger partial charge in [0.05, 0.1) is 29.8 Å². The first-order valence-electron chi connectivity index (χ1n) is 7.98. The first kappa shape index (κ1) is 18.6. The van der Waals surface area contributed by atoms with Crippen molar-refractivity contribution in [2.24, 2.45) is 0 Å². The Hall–Kier alpha value is -3.20. The lowest BCUT2D eigenvalue weighted by Gasteiger charge is -2.16. The highest BCUT2D eigenvalue weighted by molar-refractivity contribution is 7.94. The van der Waals surface area contributed by atoms with Crippen LogP contribution in [0.4, 0.5) is 11.4 Å². The van der Waals surface area contributed by atoms with Crippen molar-refractivity contribution in [1.29, 1.82) is 0 Å². The predicted octanol–water partition coefficient (Wildman–Crippen LogP) is 1.79. The van der Waals surface area contributed by atoms with Gasteiger partial charge >= 0.3 is 5.97 Å². The van der Waals surface area contributed by atoms with E-state index in [2.05, 4.69) is 10.1 Å². The number of carbonyl (C=O) groups is 3. The quantitative estimate of drug-likeness (QED) is 0.800. The van der Waals surface area contributed by atoms with Crippen molar-refractivity contribution in [3.8, 4) is 0 Å². The molecule has 9 heteroatoms. The van der Waals surface area contributed by atoms with Gasteiger partial charge in [0.15, 0.2) is 0 Å². The fourth-order valence-electron chi connectivity index (χ4n) is 2.72. The van der Waals surface area contributed by atoms with Gasteiger partial charge in [-0.25, -0.2) is 17.5 Å². The molecular weight excluding hydrogens is 372 g/mol. The molecule has 1 aliphatic heterocycles. The van der Waals surface area contributed by atoms with E-state index >= 15 is 0 Å². The van der Waals surface area contributed by atoms with Crippen LogP contribution in [0.1, 0.15) is 27.1 Å². The number of hydrogen-bond acceptors (Lipinski definition) is 6. The predicted molar refractivity (Wildman–Crippen MR) is 98.1 cm³/mol. The van der Waals surface area contributed by atoms with E-state index in [0.717, 1.165) is 0 Å². The zero-order valence-electron chi connectivity index (χ0n) is 14.3. The molecule has 0 radical (unpaired) electrons. The minimum Gasteiger partial charge on any atom is -0.465 e. The Kier molecular flexibility index (Phi) is 4.95. The van der Waals surface area contributed by atoms with E-state index in [9.17, 15) is 22.8 Å². The normalized spacial score (nSPS) is 15.4. The van der Waals surface area contributed by atoms with Crippen LogP contribution in [0.5, 0.6) is 0 Å². The summed E-state index contributed by atoms with van der Waals surface area (Å²) in [5.41, 5.74) is 0.680. The van der Waals surface area contributed by atoms with E-state index < -0.39 is 27.8 Å². The molecule has 1 heterocycles. The van der Waals surface area contributed by atoms with Gasteiger partial charge < -0.3 is 10.1 Å². The standard InChI is InChI=1S/C18H16N2O6S/c1-26-18(23)14-7-2-3-8-15(14)19-17(22)12-5-4-6-13(11-12)20-16(21)9-10-27(20,24)25/h2-8,11H,9-10H2,1H3,(H,19,22). The van der Waals surface area contributed by atoms with Gasteiger partial charge in [-0.3, -0.25) is 9.59 Å².